The first kappa shape index (κ1) is 19.3. The van der Waals surface area contributed by atoms with Crippen LogP contribution in [0.1, 0.15) is 5.56 Å². The van der Waals surface area contributed by atoms with Crippen LogP contribution in [0.25, 0.3) is 10.1 Å². The highest BCUT2D eigenvalue weighted by Crippen LogP contribution is 2.24. The van der Waals surface area contributed by atoms with E-state index in [0.29, 0.717) is 17.0 Å². The summed E-state index contributed by atoms with van der Waals surface area (Å²) < 4.78 is 36.7. The number of nitrogens with zero attached hydrogens (tertiary/aromatic N) is 2. The molecule has 7 nitrogen and oxygen atoms in total. The number of likely N-dealkylation sites (N-methyl/N-ethyl adjacent to an activating group) is 1. The highest BCUT2D eigenvalue weighted by atomic mass is 32.2. The van der Waals surface area contributed by atoms with Crippen LogP contribution in [-0.2, 0) is 14.8 Å². The van der Waals surface area contributed by atoms with Crippen molar-refractivity contribution in [1.29, 1.82) is 0 Å². The van der Waals surface area contributed by atoms with Crippen molar-refractivity contribution in [1.82, 2.24) is 8.68 Å². The number of nitrogens with one attached hydrogen (secondary N) is 1. The Hall–Kier alpha value is -2.49. The molecule has 3 aromatic rings. The lowest BCUT2D eigenvalue weighted by molar-refractivity contribution is -0.116. The van der Waals surface area contributed by atoms with Gasteiger partial charge in [-0.3, -0.25) is 4.79 Å². The fraction of sp³-hybridized carbons (Fsp3) is 0.222. The quantitative estimate of drug-likeness (QED) is 0.681. The van der Waals surface area contributed by atoms with Gasteiger partial charge >= 0.3 is 0 Å². The predicted octanol–water partition coefficient (Wildman–Crippen LogP) is 2.87. The van der Waals surface area contributed by atoms with Gasteiger partial charge in [-0.1, -0.05) is 0 Å². The number of aromatic nitrogens is 1. The normalized spacial score (nSPS) is 11.7. The number of sulfonamides is 1. The van der Waals surface area contributed by atoms with Crippen LogP contribution in [0.2, 0.25) is 0 Å². The van der Waals surface area contributed by atoms with E-state index < -0.39 is 15.9 Å². The third-order valence-corrected chi connectivity index (χ3v) is 6.66. The zero-order chi connectivity index (χ0) is 19.6. The molecule has 2 aromatic carbocycles. The monoisotopic (exact) mass is 405 g/mol. The molecule has 0 saturated heterocycles. The van der Waals surface area contributed by atoms with Crippen LogP contribution in [0.3, 0.4) is 0 Å². The summed E-state index contributed by atoms with van der Waals surface area (Å²) in [6, 6.07) is 10.0. The van der Waals surface area contributed by atoms with Crippen molar-refractivity contribution in [2.75, 3.05) is 26.0 Å². The maximum Gasteiger partial charge on any atom is 0.243 e. The van der Waals surface area contributed by atoms with Gasteiger partial charge in [0.1, 0.15) is 5.75 Å². The van der Waals surface area contributed by atoms with E-state index in [0.717, 1.165) is 14.4 Å². The van der Waals surface area contributed by atoms with Crippen molar-refractivity contribution in [2.45, 2.75) is 11.8 Å². The van der Waals surface area contributed by atoms with Gasteiger partial charge in [0.15, 0.2) is 0 Å². The van der Waals surface area contributed by atoms with Gasteiger partial charge in [-0.2, -0.15) is 8.68 Å². The van der Waals surface area contributed by atoms with Crippen molar-refractivity contribution < 1.29 is 17.9 Å². The van der Waals surface area contributed by atoms with Gasteiger partial charge < -0.3 is 10.1 Å². The van der Waals surface area contributed by atoms with Crippen LogP contribution in [0.15, 0.2) is 47.5 Å². The number of carbonyl (C=O) groups excluding carboxylic acids is 1. The third kappa shape index (κ3) is 4.10. The molecule has 1 heterocycles. The Labute approximate surface area is 161 Å². The first-order valence-corrected chi connectivity index (χ1v) is 10.3. The maximum absolute atomic E-state index is 12.7. The fourth-order valence-corrected chi connectivity index (χ4v) is 4.47. The minimum atomic E-state index is -3.79. The van der Waals surface area contributed by atoms with Gasteiger partial charge in [0, 0.05) is 24.3 Å². The van der Waals surface area contributed by atoms with E-state index >= 15 is 0 Å². The molecule has 0 aliphatic heterocycles. The van der Waals surface area contributed by atoms with E-state index in [1.54, 1.807) is 31.3 Å². The Balaban J connectivity index is 1.71. The lowest BCUT2D eigenvalue weighted by Gasteiger charge is -2.18. The predicted molar refractivity (Wildman–Crippen MR) is 106 cm³/mol. The maximum atomic E-state index is 12.7. The Bertz CT molecular complexity index is 1090. The molecule has 1 aromatic heterocycles. The Morgan fingerprint density at radius 3 is 2.74 bits per heavy atom. The summed E-state index contributed by atoms with van der Waals surface area (Å²) in [6.45, 7) is 1.47. The number of methoxy groups -OCH3 is 1. The summed E-state index contributed by atoms with van der Waals surface area (Å²) in [4.78, 5) is 12.4. The molecule has 0 spiro atoms. The smallest absolute Gasteiger partial charge is 0.243 e. The van der Waals surface area contributed by atoms with Crippen molar-refractivity contribution in [2.24, 2.45) is 0 Å². The SMILES string of the molecule is COc1ccc(S(=O)(=O)N(C)CC(=O)Nc2ccc3sncc3c2)cc1C. The van der Waals surface area contributed by atoms with E-state index in [1.165, 1.54) is 37.8 Å². The van der Waals surface area contributed by atoms with Gasteiger partial charge in [0.2, 0.25) is 15.9 Å². The third-order valence-electron chi connectivity index (χ3n) is 4.08. The van der Waals surface area contributed by atoms with E-state index in [-0.39, 0.29) is 11.4 Å². The summed E-state index contributed by atoms with van der Waals surface area (Å²) in [5.41, 5.74) is 1.30. The molecule has 0 bridgehead atoms. The Morgan fingerprint density at radius 1 is 1.26 bits per heavy atom. The molecule has 0 saturated carbocycles. The van der Waals surface area contributed by atoms with Crippen molar-refractivity contribution in [3.05, 3.63) is 48.2 Å². The van der Waals surface area contributed by atoms with Crippen molar-refractivity contribution in [3.63, 3.8) is 0 Å². The first-order valence-electron chi connectivity index (χ1n) is 8.06. The van der Waals surface area contributed by atoms with Gasteiger partial charge in [0.05, 0.1) is 23.2 Å². The second kappa shape index (κ2) is 7.63. The van der Waals surface area contributed by atoms with E-state index in [4.69, 9.17) is 4.74 Å². The lowest BCUT2D eigenvalue weighted by atomic mass is 10.2. The van der Waals surface area contributed by atoms with Crippen LogP contribution in [0.4, 0.5) is 5.69 Å². The van der Waals surface area contributed by atoms with Crippen LogP contribution in [0.5, 0.6) is 5.75 Å². The van der Waals surface area contributed by atoms with Gasteiger partial charge in [-0.05, 0) is 60.4 Å². The number of fused-ring (bicyclic) bond motifs is 1. The number of hydrogen-bond acceptors (Lipinski definition) is 6. The molecule has 3 rings (SSSR count). The highest BCUT2D eigenvalue weighted by molar-refractivity contribution is 7.89. The lowest BCUT2D eigenvalue weighted by Crippen LogP contribution is -2.35. The number of rotatable bonds is 6. The largest absolute Gasteiger partial charge is 0.496 e. The van der Waals surface area contributed by atoms with Gasteiger partial charge in [0.25, 0.3) is 0 Å². The number of ether oxygens (including phenoxy) is 1. The Kier molecular flexibility index (Phi) is 5.45. The number of hydrogen-bond donors (Lipinski definition) is 1. The number of benzene rings is 2. The molecule has 0 aliphatic carbocycles. The zero-order valence-electron chi connectivity index (χ0n) is 15.1. The number of carbonyl (C=O) groups is 1. The summed E-state index contributed by atoms with van der Waals surface area (Å²) in [6.07, 6.45) is 1.72. The average Bonchev–Trinajstić information content (AvgIpc) is 3.09. The molecule has 0 atom stereocenters. The van der Waals surface area contributed by atoms with Crippen molar-refractivity contribution in [3.8, 4) is 5.75 Å². The number of anilines is 1. The molecule has 142 valence electrons. The first-order chi connectivity index (χ1) is 12.8. The molecule has 27 heavy (non-hydrogen) atoms. The summed E-state index contributed by atoms with van der Waals surface area (Å²) in [5, 5.41) is 3.64. The van der Waals surface area contributed by atoms with E-state index in [1.807, 2.05) is 6.07 Å². The zero-order valence-corrected chi connectivity index (χ0v) is 16.7. The second-order valence-electron chi connectivity index (χ2n) is 6.02. The minimum absolute atomic E-state index is 0.113. The Morgan fingerprint density at radius 2 is 2.04 bits per heavy atom. The topological polar surface area (TPSA) is 88.6 Å². The molecule has 0 aliphatic rings. The summed E-state index contributed by atoms with van der Waals surface area (Å²) >= 11 is 1.37. The molecular weight excluding hydrogens is 386 g/mol. The van der Waals surface area contributed by atoms with Crippen LogP contribution < -0.4 is 10.1 Å². The molecule has 1 amide bonds. The number of amides is 1. The fourth-order valence-electron chi connectivity index (χ4n) is 2.63. The van der Waals surface area contributed by atoms with Gasteiger partial charge in [-0.25, -0.2) is 8.42 Å². The molecular formula is C18H19N3O4S2. The standard InChI is InChI=1S/C18H19N3O4S2/c1-12-8-15(5-6-16(12)25-3)27(23,24)21(2)11-18(22)20-14-4-7-17-13(9-14)10-19-26-17/h4-10H,11H2,1-3H3,(H,20,22). The van der Waals surface area contributed by atoms with Crippen LogP contribution in [-0.4, -0.2) is 43.7 Å². The van der Waals surface area contributed by atoms with Crippen LogP contribution >= 0.6 is 11.5 Å². The summed E-state index contributed by atoms with van der Waals surface area (Å²) in [5.74, 6) is 0.182. The van der Waals surface area contributed by atoms with E-state index in [2.05, 4.69) is 9.69 Å². The second-order valence-corrected chi connectivity index (χ2v) is 8.90. The van der Waals surface area contributed by atoms with Crippen molar-refractivity contribution >= 4 is 43.2 Å². The van der Waals surface area contributed by atoms with Gasteiger partial charge in [-0.15, -0.1) is 0 Å². The highest BCUT2D eigenvalue weighted by Gasteiger charge is 2.23. The van der Waals surface area contributed by atoms with Crippen LogP contribution in [0, 0.1) is 6.92 Å². The van der Waals surface area contributed by atoms with E-state index in [9.17, 15) is 13.2 Å². The minimum Gasteiger partial charge on any atom is -0.496 e. The summed E-state index contributed by atoms with van der Waals surface area (Å²) in [7, 11) is -0.891. The average molecular weight is 406 g/mol. The molecule has 0 unspecified atom stereocenters. The molecule has 9 heteroatoms. The number of aryl methyl sites for hydroxylation is 1. The molecule has 0 radical (unpaired) electrons. The molecule has 1 N–H and O–H groups in total. The molecule has 0 fully saturated rings.